The number of esters is 2. The van der Waals surface area contributed by atoms with E-state index in [4.69, 9.17) is 19.5 Å². The standard InChI is InChI=1S/C11H13NO5/c1-4-9(13)15-6-11(3,17-8-12)7-16-10(14)5-2/h4-5H,1-2,6-7H2,3H3/i3-9. The number of ether oxygens (including phenoxy) is 3. The smallest absolute Gasteiger partial charge is 0.330 e. The van der Waals surface area contributed by atoms with E-state index in [1.165, 1.54) is 13.2 Å². The molecule has 0 aliphatic heterocycles. The molecule has 17 heavy (non-hydrogen) atoms. The first-order chi connectivity index (χ1) is 7.97. The van der Waals surface area contributed by atoms with E-state index in [2.05, 4.69) is 13.2 Å². The van der Waals surface area contributed by atoms with Crippen molar-refractivity contribution in [3.63, 3.8) is 0 Å². The van der Waals surface area contributed by atoms with Gasteiger partial charge in [-0.15, -0.1) is 0 Å². The average molecular weight is 230 g/mol. The first kappa shape index (κ1) is 14.7. The molecule has 0 radical (unpaired) electrons. The van der Waals surface area contributed by atoms with Crippen LogP contribution in [0.5, 0.6) is 0 Å². The molecule has 0 aliphatic carbocycles. The van der Waals surface area contributed by atoms with Crippen molar-refractivity contribution >= 4 is 11.9 Å². The number of carbonyl (C=O) groups is 2. The summed E-state index contributed by atoms with van der Waals surface area (Å²) >= 11 is 0. The van der Waals surface area contributed by atoms with Gasteiger partial charge in [-0.2, -0.15) is 5.26 Å². The number of hydrogen-bond donors (Lipinski definition) is 0. The van der Waals surface area contributed by atoms with Gasteiger partial charge in [0.25, 0.3) is 6.26 Å². The maximum atomic E-state index is 10.9. The van der Waals surface area contributed by atoms with Crippen LogP contribution in [-0.4, -0.2) is 30.8 Å². The SMILES string of the molecule is C=CC(=O)OCC([3CH3])(COC(=O)C=C)OC#N. The van der Waals surface area contributed by atoms with Crippen molar-refractivity contribution < 1.29 is 23.8 Å². The topological polar surface area (TPSA) is 85.6 Å². The van der Waals surface area contributed by atoms with Crippen LogP contribution in [0.4, 0.5) is 0 Å². The Morgan fingerprint density at radius 3 is 1.94 bits per heavy atom. The number of hydrogen-bond acceptors (Lipinski definition) is 6. The van der Waals surface area contributed by atoms with Crippen molar-refractivity contribution in [1.29, 1.82) is 5.26 Å². The summed E-state index contributed by atoms with van der Waals surface area (Å²) in [6, 6.07) is 0. The molecule has 0 aromatic carbocycles. The van der Waals surface area contributed by atoms with Crippen LogP contribution in [0.15, 0.2) is 25.3 Å². The lowest BCUT2D eigenvalue weighted by molar-refractivity contribution is -0.154. The monoisotopic (exact) mass is 230 g/mol. The Bertz CT molecular complexity index is 331. The van der Waals surface area contributed by atoms with Crippen LogP contribution in [0.1, 0.15) is 6.92 Å². The molecule has 6 nitrogen and oxygen atoms in total. The van der Waals surface area contributed by atoms with E-state index in [0.29, 0.717) is 0 Å². The molecule has 0 amide bonds. The van der Waals surface area contributed by atoms with Gasteiger partial charge >= 0.3 is 11.9 Å². The van der Waals surface area contributed by atoms with Gasteiger partial charge in [0.1, 0.15) is 13.2 Å². The zero-order valence-electron chi connectivity index (χ0n) is 9.47. The zero-order valence-corrected chi connectivity index (χ0v) is 9.47. The Morgan fingerprint density at radius 1 is 1.24 bits per heavy atom. The molecule has 0 rings (SSSR count). The van der Waals surface area contributed by atoms with Crippen molar-refractivity contribution in [1.82, 2.24) is 0 Å². The van der Waals surface area contributed by atoms with Crippen LogP contribution in [0.2, 0.25) is 0 Å². The van der Waals surface area contributed by atoms with Crippen molar-refractivity contribution in [3.8, 4) is 6.26 Å². The summed E-state index contributed by atoms with van der Waals surface area (Å²) in [5.74, 6) is -1.32. The minimum Gasteiger partial charge on any atom is -0.458 e. The van der Waals surface area contributed by atoms with Gasteiger partial charge in [-0.05, 0) is 6.92 Å². The molecule has 0 fully saturated rings. The third kappa shape index (κ3) is 5.99. The number of carbonyl (C=O) groups excluding carboxylic acids is 2. The predicted molar refractivity (Wildman–Crippen MR) is 57.4 cm³/mol. The van der Waals surface area contributed by atoms with Gasteiger partial charge in [-0.3, -0.25) is 0 Å². The van der Waals surface area contributed by atoms with Gasteiger partial charge in [0, 0.05) is 12.2 Å². The maximum Gasteiger partial charge on any atom is 0.330 e. The van der Waals surface area contributed by atoms with Crippen LogP contribution in [0.25, 0.3) is 0 Å². The van der Waals surface area contributed by atoms with E-state index in [1.807, 2.05) is 0 Å². The van der Waals surface area contributed by atoms with Gasteiger partial charge in [0.15, 0.2) is 5.60 Å². The predicted octanol–water partition coefficient (Wildman–Crippen LogP) is 0.701. The minimum absolute atomic E-state index is 0.240. The van der Waals surface area contributed by atoms with Crippen LogP contribution in [0.3, 0.4) is 0 Å². The molecular weight excluding hydrogens is 217 g/mol. The second-order valence-corrected chi connectivity index (χ2v) is 3.27. The Hall–Kier alpha value is -2.29. The Balaban J connectivity index is 4.39. The highest BCUT2D eigenvalue weighted by atomic mass is 16.6. The fourth-order valence-electron chi connectivity index (χ4n) is 0.776. The van der Waals surface area contributed by atoms with Crippen molar-refractivity contribution in [2.45, 2.75) is 12.5 Å². The highest BCUT2D eigenvalue weighted by Gasteiger charge is 2.30. The molecule has 0 N–H and O–H groups in total. The normalized spacial score (nSPS) is 9.65. The molecule has 0 heterocycles. The summed E-state index contributed by atoms with van der Waals surface area (Å²) < 4.78 is 14.2. The third-order valence-electron chi connectivity index (χ3n) is 1.66. The summed E-state index contributed by atoms with van der Waals surface area (Å²) in [6.07, 6.45) is 3.41. The zero-order chi connectivity index (χ0) is 13.3. The third-order valence-corrected chi connectivity index (χ3v) is 1.66. The maximum absolute atomic E-state index is 10.9. The molecule has 0 aromatic heterocycles. The van der Waals surface area contributed by atoms with E-state index in [-0.39, 0.29) is 13.2 Å². The van der Waals surface area contributed by atoms with Crippen molar-refractivity contribution in [3.05, 3.63) is 25.3 Å². The highest BCUT2D eigenvalue weighted by molar-refractivity contribution is 5.81. The molecule has 0 atom stereocenters. The first-order valence-corrected chi connectivity index (χ1v) is 4.63. The van der Waals surface area contributed by atoms with Crippen molar-refractivity contribution in [2.75, 3.05) is 13.2 Å². The Morgan fingerprint density at radius 2 is 1.65 bits per heavy atom. The molecule has 0 aliphatic rings. The van der Waals surface area contributed by atoms with E-state index >= 15 is 0 Å². The quantitative estimate of drug-likeness (QED) is 0.363. The fourth-order valence-corrected chi connectivity index (χ4v) is 0.776. The van der Waals surface area contributed by atoms with Gasteiger partial charge in [-0.25, -0.2) is 9.59 Å². The number of nitrogens with zero attached hydrogens (tertiary/aromatic N) is 1. The molecule has 0 bridgehead atoms. The highest BCUT2D eigenvalue weighted by Crippen LogP contribution is 2.12. The molecule has 0 saturated heterocycles. The average Bonchev–Trinajstić information content (AvgIpc) is 2.33. The second kappa shape index (κ2) is 7.06. The lowest BCUT2D eigenvalue weighted by Gasteiger charge is -2.24. The van der Waals surface area contributed by atoms with E-state index in [0.717, 1.165) is 12.2 Å². The molecule has 0 saturated carbocycles. The second-order valence-electron chi connectivity index (χ2n) is 3.27. The number of rotatable bonds is 7. The molecular formula is C11H13NO5. The van der Waals surface area contributed by atoms with Crippen molar-refractivity contribution in [2.24, 2.45) is 0 Å². The van der Waals surface area contributed by atoms with Crippen LogP contribution >= 0.6 is 0 Å². The summed E-state index contributed by atoms with van der Waals surface area (Å²) in [5.41, 5.74) is -1.23. The summed E-state index contributed by atoms with van der Waals surface area (Å²) in [7, 11) is 0. The van der Waals surface area contributed by atoms with Gasteiger partial charge < -0.3 is 14.2 Å². The van der Waals surface area contributed by atoms with Crippen LogP contribution < -0.4 is 0 Å². The van der Waals surface area contributed by atoms with E-state index in [9.17, 15) is 9.59 Å². The molecule has 92 valence electrons. The van der Waals surface area contributed by atoms with Crippen LogP contribution in [0, 0.1) is 11.5 Å². The molecule has 0 spiro atoms. The van der Waals surface area contributed by atoms with Gasteiger partial charge in [-0.1, -0.05) is 13.2 Å². The molecule has 0 aromatic rings. The Kier molecular flexibility index (Phi) is 6.11. The lowest BCUT2D eigenvalue weighted by atomic mass is 2.89. The first-order valence-electron chi connectivity index (χ1n) is 4.63. The Labute approximate surface area is 99.1 Å². The van der Waals surface area contributed by atoms with E-state index < -0.39 is 17.5 Å². The minimum atomic E-state index is -1.23. The van der Waals surface area contributed by atoms with E-state index in [1.54, 1.807) is 0 Å². The number of nitriles is 1. The largest absolute Gasteiger partial charge is 0.458 e. The van der Waals surface area contributed by atoms with Gasteiger partial charge in [0.2, 0.25) is 0 Å². The summed E-state index contributed by atoms with van der Waals surface area (Å²) in [4.78, 5) is 21.7. The lowest BCUT2D eigenvalue weighted by Crippen LogP contribution is -2.39. The molecule has 0 unspecified atom stereocenters. The summed E-state index contributed by atoms with van der Waals surface area (Å²) in [6.45, 7) is 7.41. The fraction of sp³-hybridized carbons (Fsp3) is 0.364. The summed E-state index contributed by atoms with van der Waals surface area (Å²) in [5, 5.41) is 8.45. The van der Waals surface area contributed by atoms with Crippen LogP contribution in [-0.2, 0) is 23.8 Å². The molecule has 6 heteroatoms. The van der Waals surface area contributed by atoms with Gasteiger partial charge in [0.05, 0.1) is 0 Å².